The number of methoxy groups -OCH3 is 1. The normalized spacial score (nSPS) is 18.9. The summed E-state index contributed by atoms with van der Waals surface area (Å²) in [5.74, 6) is 0.273. The SMILES string of the molecule is CNCC1CN(C(=O)c2ccc(OC)cc2O)CCO1. The van der Waals surface area contributed by atoms with Crippen molar-refractivity contribution in [2.45, 2.75) is 6.10 Å². The summed E-state index contributed by atoms with van der Waals surface area (Å²) in [5.41, 5.74) is 0.288. The van der Waals surface area contributed by atoms with Gasteiger partial charge >= 0.3 is 0 Å². The van der Waals surface area contributed by atoms with E-state index < -0.39 is 0 Å². The standard InChI is InChI=1S/C14H20N2O4/c1-15-8-11-9-16(5-6-20-11)14(18)12-4-3-10(19-2)7-13(12)17/h3-4,7,11,15,17H,5-6,8-9H2,1-2H3. The highest BCUT2D eigenvalue weighted by atomic mass is 16.5. The van der Waals surface area contributed by atoms with E-state index in [0.717, 1.165) is 0 Å². The molecule has 0 saturated carbocycles. The third-order valence-electron chi connectivity index (χ3n) is 3.29. The lowest BCUT2D eigenvalue weighted by Gasteiger charge is -2.33. The average molecular weight is 280 g/mol. The number of morpholine rings is 1. The van der Waals surface area contributed by atoms with E-state index in [-0.39, 0.29) is 23.3 Å². The maximum atomic E-state index is 12.4. The summed E-state index contributed by atoms with van der Waals surface area (Å²) in [5, 5.41) is 13.0. The van der Waals surface area contributed by atoms with Crippen LogP contribution in [0.4, 0.5) is 0 Å². The van der Waals surface area contributed by atoms with Crippen LogP contribution in [0, 0.1) is 0 Å². The van der Waals surface area contributed by atoms with Gasteiger partial charge < -0.3 is 24.8 Å². The maximum absolute atomic E-state index is 12.4. The molecule has 1 aliphatic heterocycles. The van der Waals surface area contributed by atoms with Crippen molar-refractivity contribution in [2.24, 2.45) is 0 Å². The first-order valence-corrected chi connectivity index (χ1v) is 6.58. The number of amides is 1. The van der Waals surface area contributed by atoms with Crippen molar-refractivity contribution < 1.29 is 19.4 Å². The highest BCUT2D eigenvalue weighted by Gasteiger charge is 2.26. The smallest absolute Gasteiger partial charge is 0.257 e. The second kappa shape index (κ2) is 6.58. The number of phenols is 1. The molecule has 0 bridgehead atoms. The molecule has 1 fully saturated rings. The van der Waals surface area contributed by atoms with Crippen molar-refractivity contribution in [3.8, 4) is 11.5 Å². The van der Waals surface area contributed by atoms with Gasteiger partial charge in [0, 0.05) is 25.7 Å². The number of ether oxygens (including phenoxy) is 2. The quantitative estimate of drug-likeness (QED) is 0.838. The molecule has 2 rings (SSSR count). The van der Waals surface area contributed by atoms with Crippen molar-refractivity contribution in [2.75, 3.05) is 40.4 Å². The van der Waals surface area contributed by atoms with E-state index in [2.05, 4.69) is 5.32 Å². The molecule has 1 aromatic rings. The van der Waals surface area contributed by atoms with Gasteiger partial charge in [-0.2, -0.15) is 0 Å². The Balaban J connectivity index is 2.10. The Bertz CT molecular complexity index is 476. The van der Waals surface area contributed by atoms with Crippen LogP contribution in [0.15, 0.2) is 18.2 Å². The number of likely N-dealkylation sites (N-methyl/N-ethyl adjacent to an activating group) is 1. The van der Waals surface area contributed by atoms with Gasteiger partial charge in [-0.3, -0.25) is 4.79 Å². The largest absolute Gasteiger partial charge is 0.507 e. The van der Waals surface area contributed by atoms with Gasteiger partial charge in [-0.15, -0.1) is 0 Å². The third kappa shape index (κ3) is 3.20. The van der Waals surface area contributed by atoms with Crippen LogP contribution < -0.4 is 10.1 Å². The minimum atomic E-state index is -0.186. The summed E-state index contributed by atoms with van der Waals surface area (Å²) in [4.78, 5) is 14.1. The van der Waals surface area contributed by atoms with Crippen molar-refractivity contribution in [1.82, 2.24) is 10.2 Å². The first kappa shape index (κ1) is 14.6. The number of nitrogens with zero attached hydrogens (tertiary/aromatic N) is 1. The first-order valence-electron chi connectivity index (χ1n) is 6.58. The first-order chi connectivity index (χ1) is 9.65. The van der Waals surface area contributed by atoms with Gasteiger partial charge in [-0.1, -0.05) is 0 Å². The van der Waals surface area contributed by atoms with Gasteiger partial charge in [0.25, 0.3) is 5.91 Å². The molecule has 6 heteroatoms. The molecule has 0 spiro atoms. The van der Waals surface area contributed by atoms with Gasteiger partial charge in [-0.25, -0.2) is 0 Å². The van der Waals surface area contributed by atoms with E-state index in [1.165, 1.54) is 13.2 Å². The van der Waals surface area contributed by atoms with Gasteiger partial charge in [-0.05, 0) is 19.2 Å². The zero-order chi connectivity index (χ0) is 14.5. The Morgan fingerprint density at radius 2 is 2.40 bits per heavy atom. The predicted molar refractivity (Wildman–Crippen MR) is 74.2 cm³/mol. The van der Waals surface area contributed by atoms with Gasteiger partial charge in [0.15, 0.2) is 0 Å². The Hall–Kier alpha value is -1.79. The fourth-order valence-electron chi connectivity index (χ4n) is 2.24. The van der Waals surface area contributed by atoms with Crippen LogP contribution in [-0.2, 0) is 4.74 Å². The Labute approximate surface area is 118 Å². The number of hydrogen-bond acceptors (Lipinski definition) is 5. The van der Waals surface area contributed by atoms with Crippen molar-refractivity contribution in [3.05, 3.63) is 23.8 Å². The van der Waals surface area contributed by atoms with E-state index >= 15 is 0 Å². The zero-order valence-corrected chi connectivity index (χ0v) is 11.8. The number of carbonyl (C=O) groups excluding carboxylic acids is 1. The zero-order valence-electron chi connectivity index (χ0n) is 11.8. The van der Waals surface area contributed by atoms with E-state index in [4.69, 9.17) is 9.47 Å². The number of nitrogens with one attached hydrogen (secondary N) is 1. The topological polar surface area (TPSA) is 71.0 Å². The van der Waals surface area contributed by atoms with Gasteiger partial charge in [0.1, 0.15) is 11.5 Å². The summed E-state index contributed by atoms with van der Waals surface area (Å²) >= 11 is 0. The average Bonchev–Trinajstić information content (AvgIpc) is 2.47. The van der Waals surface area contributed by atoms with Crippen LogP contribution in [0.5, 0.6) is 11.5 Å². The second-order valence-corrected chi connectivity index (χ2v) is 4.68. The molecule has 1 aliphatic rings. The lowest BCUT2D eigenvalue weighted by atomic mass is 10.1. The monoisotopic (exact) mass is 280 g/mol. The molecule has 1 saturated heterocycles. The number of carbonyl (C=O) groups is 1. The van der Waals surface area contributed by atoms with Crippen LogP contribution in [0.25, 0.3) is 0 Å². The van der Waals surface area contributed by atoms with Crippen LogP contribution in [0.2, 0.25) is 0 Å². The molecule has 2 N–H and O–H groups in total. The highest BCUT2D eigenvalue weighted by Crippen LogP contribution is 2.25. The molecule has 110 valence electrons. The summed E-state index contributed by atoms with van der Waals surface area (Å²) in [6, 6.07) is 4.69. The van der Waals surface area contributed by atoms with Gasteiger partial charge in [0.05, 0.1) is 25.4 Å². The highest BCUT2D eigenvalue weighted by molar-refractivity contribution is 5.97. The van der Waals surface area contributed by atoms with Crippen LogP contribution in [0.1, 0.15) is 10.4 Å². The molecule has 1 amide bonds. The summed E-state index contributed by atoms with van der Waals surface area (Å²) in [7, 11) is 3.36. The Morgan fingerprint density at radius 1 is 1.60 bits per heavy atom. The molecule has 1 heterocycles. The lowest BCUT2D eigenvalue weighted by molar-refractivity contribution is -0.0197. The lowest BCUT2D eigenvalue weighted by Crippen LogP contribution is -2.48. The minimum Gasteiger partial charge on any atom is -0.507 e. The number of rotatable bonds is 4. The summed E-state index contributed by atoms with van der Waals surface area (Å²) in [6.07, 6.45) is -0.0157. The molecule has 0 aliphatic carbocycles. The molecule has 0 radical (unpaired) electrons. The van der Waals surface area contributed by atoms with Gasteiger partial charge in [0.2, 0.25) is 0 Å². The number of hydrogen-bond donors (Lipinski definition) is 2. The molecular formula is C14H20N2O4. The van der Waals surface area contributed by atoms with Crippen molar-refractivity contribution in [3.63, 3.8) is 0 Å². The molecule has 1 atom stereocenters. The second-order valence-electron chi connectivity index (χ2n) is 4.68. The Kier molecular flexibility index (Phi) is 4.81. The summed E-state index contributed by atoms with van der Waals surface area (Å²) in [6.45, 7) is 2.25. The van der Waals surface area contributed by atoms with Crippen LogP contribution in [0.3, 0.4) is 0 Å². The molecule has 20 heavy (non-hydrogen) atoms. The van der Waals surface area contributed by atoms with Crippen molar-refractivity contribution >= 4 is 5.91 Å². The molecule has 0 aromatic heterocycles. The van der Waals surface area contributed by atoms with E-state index in [0.29, 0.717) is 32.0 Å². The van der Waals surface area contributed by atoms with E-state index in [1.807, 2.05) is 7.05 Å². The molecule has 1 aromatic carbocycles. The van der Waals surface area contributed by atoms with Crippen LogP contribution >= 0.6 is 0 Å². The molecule has 6 nitrogen and oxygen atoms in total. The third-order valence-corrected chi connectivity index (χ3v) is 3.29. The number of phenolic OH excluding ortho intramolecular Hbond substituents is 1. The fourth-order valence-corrected chi connectivity index (χ4v) is 2.24. The van der Waals surface area contributed by atoms with Crippen molar-refractivity contribution in [1.29, 1.82) is 0 Å². The maximum Gasteiger partial charge on any atom is 0.257 e. The van der Waals surface area contributed by atoms with E-state index in [1.54, 1.807) is 17.0 Å². The number of aromatic hydroxyl groups is 1. The summed E-state index contributed by atoms with van der Waals surface area (Å²) < 4.78 is 10.6. The minimum absolute atomic E-state index is 0.0157. The van der Waals surface area contributed by atoms with Crippen LogP contribution in [-0.4, -0.2) is 62.4 Å². The number of benzene rings is 1. The molecular weight excluding hydrogens is 260 g/mol. The predicted octanol–water partition coefficient (Wildman–Crippen LogP) is 0.461. The van der Waals surface area contributed by atoms with E-state index in [9.17, 15) is 9.90 Å². The Morgan fingerprint density at radius 3 is 3.05 bits per heavy atom. The fraction of sp³-hybridized carbons (Fsp3) is 0.500. The molecule has 1 unspecified atom stereocenters.